The molecule has 1 fully saturated rings. The van der Waals surface area contributed by atoms with Crippen molar-refractivity contribution in [3.8, 4) is 0 Å². The standard InChI is InChI=1S/C10H9F3O2S/c1-16-5-3-2-4(11)6-7(5)9(15)10(12,13)8(6)14/h2-4,6,8,14H,1H3/t4?,6?,8-/m0/s1. The van der Waals surface area contributed by atoms with Crippen LogP contribution in [0.4, 0.5) is 13.2 Å². The highest BCUT2D eigenvalue weighted by atomic mass is 32.2. The Labute approximate surface area is 94.2 Å². The Morgan fingerprint density at radius 2 is 2.12 bits per heavy atom. The largest absolute Gasteiger partial charge is 0.386 e. The predicted molar refractivity (Wildman–Crippen MR) is 54.0 cm³/mol. The summed E-state index contributed by atoms with van der Waals surface area (Å²) in [5.74, 6) is -6.77. The molecule has 16 heavy (non-hydrogen) atoms. The number of thioether (sulfide) groups is 1. The molecule has 2 aliphatic rings. The van der Waals surface area contributed by atoms with E-state index in [2.05, 4.69) is 0 Å². The van der Waals surface area contributed by atoms with Gasteiger partial charge in [0.25, 0.3) is 0 Å². The van der Waals surface area contributed by atoms with Crippen molar-refractivity contribution in [2.75, 3.05) is 6.26 Å². The normalized spacial score (nSPS) is 36.8. The number of hydrogen-bond acceptors (Lipinski definition) is 3. The number of halogens is 3. The summed E-state index contributed by atoms with van der Waals surface area (Å²) in [5.41, 5.74) is -0.278. The maximum atomic E-state index is 13.4. The van der Waals surface area contributed by atoms with Crippen molar-refractivity contribution in [2.24, 2.45) is 5.92 Å². The van der Waals surface area contributed by atoms with Crippen LogP contribution in [0.25, 0.3) is 0 Å². The van der Waals surface area contributed by atoms with Gasteiger partial charge in [-0.15, -0.1) is 11.8 Å². The average molecular weight is 250 g/mol. The second-order valence-electron chi connectivity index (χ2n) is 3.71. The molecule has 1 N–H and O–H groups in total. The van der Waals surface area contributed by atoms with Crippen molar-refractivity contribution in [2.45, 2.75) is 18.2 Å². The van der Waals surface area contributed by atoms with E-state index >= 15 is 0 Å². The van der Waals surface area contributed by atoms with Gasteiger partial charge in [0.05, 0.1) is 5.92 Å². The fraction of sp³-hybridized carbons (Fsp3) is 0.500. The molecule has 0 bridgehead atoms. The number of allylic oxidation sites excluding steroid dienone is 2. The Morgan fingerprint density at radius 3 is 2.69 bits per heavy atom. The Balaban J connectivity index is 2.57. The summed E-state index contributed by atoms with van der Waals surface area (Å²) in [5, 5.41) is 9.32. The van der Waals surface area contributed by atoms with Crippen LogP contribution in [0.1, 0.15) is 0 Å². The van der Waals surface area contributed by atoms with Crippen molar-refractivity contribution in [1.82, 2.24) is 0 Å². The van der Waals surface area contributed by atoms with Crippen LogP contribution in [0.2, 0.25) is 0 Å². The Hall–Kier alpha value is -0.750. The van der Waals surface area contributed by atoms with Gasteiger partial charge in [-0.1, -0.05) is 0 Å². The summed E-state index contributed by atoms with van der Waals surface area (Å²) in [6, 6.07) is 0. The molecule has 0 heterocycles. The van der Waals surface area contributed by atoms with E-state index in [1.54, 1.807) is 6.26 Å². The van der Waals surface area contributed by atoms with E-state index in [9.17, 15) is 23.1 Å². The molecule has 0 amide bonds. The molecule has 88 valence electrons. The first-order chi connectivity index (χ1) is 7.41. The molecule has 0 spiro atoms. The molecule has 2 aliphatic carbocycles. The molecule has 1 saturated carbocycles. The summed E-state index contributed by atoms with van der Waals surface area (Å²) in [4.78, 5) is 11.7. The first kappa shape index (κ1) is 11.7. The molecule has 3 atom stereocenters. The lowest BCUT2D eigenvalue weighted by atomic mass is 9.91. The lowest BCUT2D eigenvalue weighted by Gasteiger charge is -2.22. The van der Waals surface area contributed by atoms with Gasteiger partial charge in [-0.05, 0) is 18.4 Å². The minimum absolute atomic E-state index is 0.278. The van der Waals surface area contributed by atoms with Crippen LogP contribution in [0, 0.1) is 5.92 Å². The van der Waals surface area contributed by atoms with Crippen LogP contribution in [0.15, 0.2) is 22.6 Å². The number of ketones is 1. The van der Waals surface area contributed by atoms with E-state index in [0.29, 0.717) is 4.91 Å². The second kappa shape index (κ2) is 3.63. The van der Waals surface area contributed by atoms with Gasteiger partial charge >= 0.3 is 5.92 Å². The minimum Gasteiger partial charge on any atom is -0.386 e. The van der Waals surface area contributed by atoms with Gasteiger partial charge in [0.2, 0.25) is 5.78 Å². The van der Waals surface area contributed by atoms with Gasteiger partial charge in [0, 0.05) is 10.5 Å². The van der Waals surface area contributed by atoms with E-state index in [-0.39, 0.29) is 5.57 Å². The van der Waals surface area contributed by atoms with Gasteiger partial charge in [0.1, 0.15) is 12.3 Å². The smallest absolute Gasteiger partial charge is 0.335 e. The molecule has 0 aliphatic heterocycles. The second-order valence-corrected chi connectivity index (χ2v) is 4.56. The van der Waals surface area contributed by atoms with E-state index in [1.165, 1.54) is 6.08 Å². The van der Waals surface area contributed by atoms with Gasteiger partial charge in [-0.2, -0.15) is 8.78 Å². The number of fused-ring (bicyclic) bond motifs is 1. The van der Waals surface area contributed by atoms with E-state index < -0.39 is 29.9 Å². The number of Topliss-reactive ketones (excluding diaryl/α,β-unsaturated/α-hetero) is 1. The number of hydrogen-bond donors (Lipinski definition) is 1. The quantitative estimate of drug-likeness (QED) is 0.769. The summed E-state index contributed by atoms with van der Waals surface area (Å²) < 4.78 is 40.0. The van der Waals surface area contributed by atoms with Gasteiger partial charge < -0.3 is 5.11 Å². The maximum absolute atomic E-state index is 13.4. The Morgan fingerprint density at radius 1 is 1.50 bits per heavy atom. The number of aliphatic hydroxyl groups excluding tert-OH is 1. The molecule has 0 aromatic heterocycles. The zero-order valence-corrected chi connectivity index (χ0v) is 9.10. The molecule has 2 rings (SSSR count). The highest BCUT2D eigenvalue weighted by Crippen LogP contribution is 2.47. The maximum Gasteiger partial charge on any atom is 0.335 e. The summed E-state index contributed by atoms with van der Waals surface area (Å²) >= 11 is 1.09. The van der Waals surface area contributed by atoms with Crippen LogP contribution < -0.4 is 0 Å². The number of carbonyl (C=O) groups excluding carboxylic acids is 1. The van der Waals surface area contributed by atoms with Crippen molar-refractivity contribution < 1.29 is 23.1 Å². The van der Waals surface area contributed by atoms with E-state index in [4.69, 9.17) is 0 Å². The average Bonchev–Trinajstić information content (AvgIpc) is 2.42. The monoisotopic (exact) mass is 250 g/mol. The van der Waals surface area contributed by atoms with Crippen LogP contribution >= 0.6 is 11.8 Å². The SMILES string of the molecule is CSC1=C2C(=O)C(F)(F)[C@@H](O)C2C(F)C=C1. The molecule has 2 unspecified atom stereocenters. The van der Waals surface area contributed by atoms with Gasteiger partial charge in [-0.3, -0.25) is 4.79 Å². The number of aliphatic hydroxyl groups is 1. The van der Waals surface area contributed by atoms with E-state index in [1.807, 2.05) is 0 Å². The highest BCUT2D eigenvalue weighted by molar-refractivity contribution is 8.02. The minimum atomic E-state index is -3.88. The molecule has 0 aromatic carbocycles. The first-order valence-corrected chi connectivity index (χ1v) is 5.84. The summed E-state index contributed by atoms with van der Waals surface area (Å²) in [6.45, 7) is 0. The fourth-order valence-corrected chi connectivity index (χ4v) is 2.69. The van der Waals surface area contributed by atoms with E-state index in [0.717, 1.165) is 17.8 Å². The third kappa shape index (κ3) is 1.36. The summed E-state index contributed by atoms with van der Waals surface area (Å²) in [7, 11) is 0. The van der Waals surface area contributed by atoms with Crippen molar-refractivity contribution >= 4 is 17.5 Å². The molecular formula is C10H9F3O2S. The summed E-state index contributed by atoms with van der Waals surface area (Å²) in [6.07, 6.45) is 0.0130. The number of rotatable bonds is 1. The molecule has 0 radical (unpaired) electrons. The topological polar surface area (TPSA) is 37.3 Å². The van der Waals surface area contributed by atoms with Gasteiger partial charge in [-0.25, -0.2) is 4.39 Å². The van der Waals surface area contributed by atoms with Crippen LogP contribution in [0.5, 0.6) is 0 Å². The number of alkyl halides is 3. The molecule has 6 heteroatoms. The van der Waals surface area contributed by atoms with Crippen LogP contribution in [0.3, 0.4) is 0 Å². The molecule has 2 nitrogen and oxygen atoms in total. The third-order valence-electron chi connectivity index (χ3n) is 2.85. The number of carbonyl (C=O) groups is 1. The molecule has 0 aromatic rings. The molecule has 0 saturated heterocycles. The Kier molecular flexibility index (Phi) is 2.66. The predicted octanol–water partition coefficient (Wildman–Crippen LogP) is 1.71. The van der Waals surface area contributed by atoms with Gasteiger partial charge in [0.15, 0.2) is 0 Å². The van der Waals surface area contributed by atoms with Crippen LogP contribution in [-0.2, 0) is 4.79 Å². The Bertz CT molecular complexity index is 403. The zero-order valence-electron chi connectivity index (χ0n) is 8.28. The molecular weight excluding hydrogens is 241 g/mol. The van der Waals surface area contributed by atoms with Crippen LogP contribution in [-0.4, -0.2) is 35.3 Å². The first-order valence-electron chi connectivity index (χ1n) is 4.62. The van der Waals surface area contributed by atoms with Crippen molar-refractivity contribution in [3.63, 3.8) is 0 Å². The lowest BCUT2D eigenvalue weighted by molar-refractivity contribution is -0.150. The van der Waals surface area contributed by atoms with Crippen molar-refractivity contribution in [1.29, 1.82) is 0 Å². The third-order valence-corrected chi connectivity index (χ3v) is 3.65. The highest BCUT2D eigenvalue weighted by Gasteiger charge is 2.62. The van der Waals surface area contributed by atoms with Crippen molar-refractivity contribution in [3.05, 3.63) is 22.6 Å². The lowest BCUT2D eigenvalue weighted by Crippen LogP contribution is -2.38. The fourth-order valence-electron chi connectivity index (χ4n) is 2.02. The zero-order chi connectivity index (χ0) is 12.1.